The summed E-state index contributed by atoms with van der Waals surface area (Å²) in [4.78, 5) is 0. The third-order valence-electron chi connectivity index (χ3n) is 2.80. The molecular formula is C12H24Si. The highest BCUT2D eigenvalue weighted by molar-refractivity contribution is 6.88. The van der Waals surface area contributed by atoms with Crippen LogP contribution in [0.3, 0.4) is 0 Å². The Hall–Kier alpha value is -0.303. The molecule has 0 nitrogen and oxygen atoms in total. The van der Waals surface area contributed by atoms with Crippen LogP contribution in [0.25, 0.3) is 0 Å². The van der Waals surface area contributed by atoms with Gasteiger partial charge in [-0.2, -0.15) is 0 Å². The van der Waals surface area contributed by atoms with Crippen molar-refractivity contribution >= 4 is 8.07 Å². The fraction of sp³-hybridized carbons (Fsp3) is 0.667. The first-order chi connectivity index (χ1) is 6.24. The van der Waals surface area contributed by atoms with E-state index in [2.05, 4.69) is 38.4 Å². The van der Waals surface area contributed by atoms with Crippen LogP contribution in [0.15, 0.2) is 24.6 Å². The molecule has 0 spiro atoms. The van der Waals surface area contributed by atoms with Crippen LogP contribution >= 0.6 is 0 Å². The first-order valence-electron chi connectivity index (χ1n) is 5.52. The molecule has 0 aliphatic carbocycles. The number of unbranched alkanes of at least 4 members (excludes halogenated alkanes) is 2. The van der Waals surface area contributed by atoms with Crippen LogP contribution in [0.2, 0.25) is 12.1 Å². The lowest BCUT2D eigenvalue weighted by atomic mass is 10.4. The van der Waals surface area contributed by atoms with Crippen molar-refractivity contribution in [2.24, 2.45) is 0 Å². The van der Waals surface area contributed by atoms with E-state index < -0.39 is 8.07 Å². The summed E-state index contributed by atoms with van der Waals surface area (Å²) in [6.07, 6.45) is 5.27. The van der Waals surface area contributed by atoms with E-state index in [9.17, 15) is 0 Å². The highest BCUT2D eigenvalue weighted by Crippen LogP contribution is 2.23. The Bertz CT molecular complexity index is 131. The predicted octanol–water partition coefficient (Wildman–Crippen LogP) is 4.49. The molecule has 0 atom stereocenters. The minimum atomic E-state index is -1.26. The largest absolute Gasteiger partial charge is 0.107 e. The SMILES string of the molecule is C=C[Si](C=C)(CCCC)CCCC. The maximum absolute atomic E-state index is 4.00. The second-order valence-electron chi connectivity index (χ2n) is 3.85. The standard InChI is InChI=1S/C12H24Si/c1-5-9-11-13(7-3,8-4)12-10-6-2/h7-8H,3-6,9-12H2,1-2H3. The van der Waals surface area contributed by atoms with Crippen LogP contribution in [0.1, 0.15) is 39.5 Å². The molecule has 0 bridgehead atoms. The lowest BCUT2D eigenvalue weighted by molar-refractivity contribution is 0.837. The van der Waals surface area contributed by atoms with Gasteiger partial charge in [0.05, 0.1) is 0 Å². The minimum absolute atomic E-state index is 1.26. The minimum Gasteiger partial charge on any atom is -0.107 e. The van der Waals surface area contributed by atoms with Crippen LogP contribution in [0.5, 0.6) is 0 Å². The van der Waals surface area contributed by atoms with Gasteiger partial charge in [-0.05, 0) is 0 Å². The summed E-state index contributed by atoms with van der Waals surface area (Å²) in [5, 5.41) is 0. The van der Waals surface area contributed by atoms with Crippen molar-refractivity contribution in [2.45, 2.75) is 51.6 Å². The number of rotatable bonds is 8. The predicted molar refractivity (Wildman–Crippen MR) is 65.6 cm³/mol. The molecule has 0 heterocycles. The van der Waals surface area contributed by atoms with Crippen LogP contribution < -0.4 is 0 Å². The first kappa shape index (κ1) is 12.7. The fourth-order valence-corrected chi connectivity index (χ4v) is 4.89. The average Bonchev–Trinajstić information content (AvgIpc) is 2.20. The summed E-state index contributed by atoms with van der Waals surface area (Å²) < 4.78 is 0. The molecule has 0 aliphatic rings. The molecule has 13 heavy (non-hydrogen) atoms. The Morgan fingerprint density at radius 3 is 1.54 bits per heavy atom. The van der Waals surface area contributed by atoms with E-state index in [1.165, 1.54) is 37.8 Å². The zero-order chi connectivity index (χ0) is 10.2. The van der Waals surface area contributed by atoms with Crippen molar-refractivity contribution in [3.05, 3.63) is 24.6 Å². The zero-order valence-corrected chi connectivity index (χ0v) is 10.3. The fourth-order valence-electron chi connectivity index (χ4n) is 1.63. The molecule has 0 aromatic carbocycles. The molecular weight excluding hydrogens is 172 g/mol. The molecule has 0 fully saturated rings. The van der Waals surface area contributed by atoms with Crippen molar-refractivity contribution in [3.8, 4) is 0 Å². The van der Waals surface area contributed by atoms with Crippen LogP contribution in [-0.4, -0.2) is 8.07 Å². The Labute approximate surface area is 84.8 Å². The molecule has 0 aromatic rings. The summed E-state index contributed by atoms with van der Waals surface area (Å²) in [5.74, 6) is 0. The molecule has 0 N–H and O–H groups in total. The van der Waals surface area contributed by atoms with E-state index >= 15 is 0 Å². The van der Waals surface area contributed by atoms with Gasteiger partial charge in [0.25, 0.3) is 0 Å². The molecule has 0 radical (unpaired) electrons. The van der Waals surface area contributed by atoms with Gasteiger partial charge in [-0.1, -0.05) is 63.0 Å². The quantitative estimate of drug-likeness (QED) is 0.502. The summed E-state index contributed by atoms with van der Waals surface area (Å²) in [7, 11) is -1.26. The second-order valence-corrected chi connectivity index (χ2v) is 8.13. The number of hydrogen-bond donors (Lipinski definition) is 0. The third kappa shape index (κ3) is 4.46. The van der Waals surface area contributed by atoms with E-state index in [-0.39, 0.29) is 0 Å². The van der Waals surface area contributed by atoms with Crippen molar-refractivity contribution in [1.82, 2.24) is 0 Å². The van der Waals surface area contributed by atoms with Gasteiger partial charge >= 0.3 is 0 Å². The molecule has 0 unspecified atom stereocenters. The third-order valence-corrected chi connectivity index (χ3v) is 7.00. The van der Waals surface area contributed by atoms with Gasteiger partial charge < -0.3 is 0 Å². The van der Waals surface area contributed by atoms with E-state index in [0.717, 1.165) is 0 Å². The van der Waals surface area contributed by atoms with Gasteiger partial charge in [-0.15, -0.1) is 13.2 Å². The van der Waals surface area contributed by atoms with Gasteiger partial charge in [-0.3, -0.25) is 0 Å². The molecule has 0 aliphatic heterocycles. The maximum Gasteiger partial charge on any atom is 0.100 e. The maximum atomic E-state index is 4.00. The zero-order valence-electron chi connectivity index (χ0n) is 9.31. The van der Waals surface area contributed by atoms with Gasteiger partial charge in [0.2, 0.25) is 0 Å². The monoisotopic (exact) mass is 196 g/mol. The first-order valence-corrected chi connectivity index (χ1v) is 8.08. The summed E-state index contributed by atoms with van der Waals surface area (Å²) >= 11 is 0. The van der Waals surface area contributed by atoms with Crippen molar-refractivity contribution < 1.29 is 0 Å². The van der Waals surface area contributed by atoms with Crippen molar-refractivity contribution in [1.29, 1.82) is 0 Å². The van der Waals surface area contributed by atoms with Gasteiger partial charge in [-0.25, -0.2) is 0 Å². The van der Waals surface area contributed by atoms with E-state index in [1.54, 1.807) is 0 Å². The number of hydrogen-bond acceptors (Lipinski definition) is 0. The Kier molecular flexibility index (Phi) is 6.97. The van der Waals surface area contributed by atoms with Crippen molar-refractivity contribution in [3.63, 3.8) is 0 Å². The van der Waals surface area contributed by atoms with E-state index in [0.29, 0.717) is 0 Å². The van der Waals surface area contributed by atoms with Crippen molar-refractivity contribution in [2.75, 3.05) is 0 Å². The topological polar surface area (TPSA) is 0 Å². The smallest absolute Gasteiger partial charge is 0.100 e. The van der Waals surface area contributed by atoms with E-state index in [4.69, 9.17) is 0 Å². The Balaban J connectivity index is 4.13. The lowest BCUT2D eigenvalue weighted by Crippen LogP contribution is -2.28. The summed E-state index contributed by atoms with van der Waals surface area (Å²) in [6, 6.07) is 2.72. The van der Waals surface area contributed by atoms with Crippen LogP contribution in [0.4, 0.5) is 0 Å². The van der Waals surface area contributed by atoms with Gasteiger partial charge in [0.15, 0.2) is 0 Å². The molecule has 1 heteroatoms. The van der Waals surface area contributed by atoms with Crippen LogP contribution in [-0.2, 0) is 0 Å². The molecule has 0 rings (SSSR count). The highest BCUT2D eigenvalue weighted by atomic mass is 28.3. The second kappa shape index (κ2) is 7.13. The normalized spacial score (nSPS) is 11.2. The lowest BCUT2D eigenvalue weighted by Gasteiger charge is -2.23. The van der Waals surface area contributed by atoms with Crippen LogP contribution in [0, 0.1) is 0 Å². The Morgan fingerprint density at radius 1 is 0.923 bits per heavy atom. The molecule has 0 aromatic heterocycles. The van der Waals surface area contributed by atoms with Gasteiger partial charge in [0, 0.05) is 0 Å². The molecule has 0 saturated heterocycles. The molecule has 76 valence electrons. The summed E-state index contributed by atoms with van der Waals surface area (Å²) in [5.41, 5.74) is 4.46. The average molecular weight is 196 g/mol. The molecule has 0 saturated carbocycles. The molecule has 0 amide bonds. The van der Waals surface area contributed by atoms with Gasteiger partial charge in [0.1, 0.15) is 8.07 Å². The Morgan fingerprint density at radius 2 is 1.31 bits per heavy atom. The van der Waals surface area contributed by atoms with E-state index in [1.807, 2.05) is 0 Å². The highest BCUT2D eigenvalue weighted by Gasteiger charge is 2.23. The summed E-state index contributed by atoms with van der Waals surface area (Å²) in [6.45, 7) is 12.5.